The zero-order valence-corrected chi connectivity index (χ0v) is 12.5. The summed E-state index contributed by atoms with van der Waals surface area (Å²) in [5.41, 5.74) is 1.49. The first-order valence-electron chi connectivity index (χ1n) is 6.58. The van der Waals surface area contributed by atoms with Crippen molar-refractivity contribution in [2.24, 2.45) is 0 Å². The normalized spacial score (nSPS) is 10.3. The second-order valence-electron chi connectivity index (χ2n) is 4.40. The maximum Gasteiger partial charge on any atom is 0.251 e. The summed E-state index contributed by atoms with van der Waals surface area (Å²) in [4.78, 5) is 20.6. The number of rotatable bonds is 6. The van der Waals surface area contributed by atoms with Gasteiger partial charge in [0.15, 0.2) is 0 Å². The van der Waals surface area contributed by atoms with Crippen molar-refractivity contribution < 1.29 is 4.79 Å². The second kappa shape index (κ2) is 7.00. The number of aromatic nitrogens is 2. The fourth-order valence-corrected chi connectivity index (χ4v) is 2.30. The minimum absolute atomic E-state index is 0.113. The summed E-state index contributed by atoms with van der Waals surface area (Å²) in [5, 5.41) is 8.99. The number of carbonyl (C=O) groups is 1. The monoisotopic (exact) mass is 290 g/mol. The maximum atomic E-state index is 12.1. The van der Waals surface area contributed by atoms with E-state index in [1.54, 1.807) is 29.7 Å². The molecule has 2 rings (SSSR count). The molecule has 0 saturated carbocycles. The first kappa shape index (κ1) is 14.5. The van der Waals surface area contributed by atoms with Gasteiger partial charge in [-0.2, -0.15) is 0 Å². The zero-order valence-electron chi connectivity index (χ0n) is 11.6. The molecule has 106 valence electrons. The van der Waals surface area contributed by atoms with Crippen LogP contribution in [0.1, 0.15) is 34.4 Å². The van der Waals surface area contributed by atoms with Crippen LogP contribution in [0.2, 0.25) is 0 Å². The molecule has 2 aromatic rings. The Labute approximate surface area is 122 Å². The number of nitrogens with zero attached hydrogens (tertiary/aromatic N) is 2. The third-order valence-electron chi connectivity index (χ3n) is 2.67. The number of nitrogens with one attached hydrogen (secondary N) is 2. The summed E-state index contributed by atoms with van der Waals surface area (Å²) in [5.74, 6) is 0.613. The van der Waals surface area contributed by atoms with Gasteiger partial charge in [0.05, 0.1) is 17.2 Å². The lowest BCUT2D eigenvalue weighted by Gasteiger charge is -2.06. The average Bonchev–Trinajstić information content (AvgIpc) is 2.88. The SMILES string of the molecule is CCCNc1cc(C(=O)NCc2csc(C)n2)ccn1. The number of amides is 1. The minimum atomic E-state index is -0.113. The van der Waals surface area contributed by atoms with Crippen molar-refractivity contribution in [1.29, 1.82) is 0 Å². The van der Waals surface area contributed by atoms with Gasteiger partial charge in [-0.1, -0.05) is 6.92 Å². The smallest absolute Gasteiger partial charge is 0.251 e. The quantitative estimate of drug-likeness (QED) is 0.858. The third kappa shape index (κ3) is 4.03. The summed E-state index contributed by atoms with van der Waals surface area (Å²) in [6, 6.07) is 3.47. The Kier molecular flexibility index (Phi) is 5.06. The van der Waals surface area contributed by atoms with E-state index < -0.39 is 0 Å². The van der Waals surface area contributed by atoms with E-state index in [-0.39, 0.29) is 5.91 Å². The number of hydrogen-bond acceptors (Lipinski definition) is 5. The van der Waals surface area contributed by atoms with Crippen molar-refractivity contribution in [3.63, 3.8) is 0 Å². The van der Waals surface area contributed by atoms with E-state index in [0.717, 1.165) is 29.5 Å². The van der Waals surface area contributed by atoms with Crippen LogP contribution in [0.3, 0.4) is 0 Å². The molecule has 0 saturated heterocycles. The molecule has 2 heterocycles. The van der Waals surface area contributed by atoms with Gasteiger partial charge in [-0.3, -0.25) is 4.79 Å². The number of anilines is 1. The van der Waals surface area contributed by atoms with E-state index >= 15 is 0 Å². The van der Waals surface area contributed by atoms with Crippen LogP contribution in [0, 0.1) is 6.92 Å². The molecule has 0 atom stereocenters. The van der Waals surface area contributed by atoms with Gasteiger partial charge < -0.3 is 10.6 Å². The molecule has 0 radical (unpaired) electrons. The average molecular weight is 290 g/mol. The summed E-state index contributed by atoms with van der Waals surface area (Å²) in [6.07, 6.45) is 2.65. The van der Waals surface area contributed by atoms with E-state index in [4.69, 9.17) is 0 Å². The van der Waals surface area contributed by atoms with Gasteiger partial charge in [0.1, 0.15) is 5.82 Å². The summed E-state index contributed by atoms with van der Waals surface area (Å²) >= 11 is 1.58. The van der Waals surface area contributed by atoms with E-state index in [2.05, 4.69) is 27.5 Å². The number of hydrogen-bond donors (Lipinski definition) is 2. The van der Waals surface area contributed by atoms with Crippen molar-refractivity contribution in [3.8, 4) is 0 Å². The van der Waals surface area contributed by atoms with Gasteiger partial charge in [0, 0.05) is 23.7 Å². The molecular formula is C14H18N4OS. The van der Waals surface area contributed by atoms with Crippen LogP contribution in [0.5, 0.6) is 0 Å². The predicted molar refractivity (Wildman–Crippen MR) is 81.0 cm³/mol. The van der Waals surface area contributed by atoms with Crippen molar-refractivity contribution >= 4 is 23.1 Å². The summed E-state index contributed by atoms with van der Waals surface area (Å²) in [7, 11) is 0. The molecule has 6 heteroatoms. The first-order chi connectivity index (χ1) is 9.69. The van der Waals surface area contributed by atoms with Crippen LogP contribution in [0.15, 0.2) is 23.7 Å². The lowest BCUT2D eigenvalue weighted by molar-refractivity contribution is 0.0950. The molecule has 20 heavy (non-hydrogen) atoms. The topological polar surface area (TPSA) is 66.9 Å². The van der Waals surface area contributed by atoms with Crippen molar-refractivity contribution in [3.05, 3.63) is 40.0 Å². The molecule has 0 spiro atoms. The molecule has 5 nitrogen and oxygen atoms in total. The van der Waals surface area contributed by atoms with Gasteiger partial charge in [0.2, 0.25) is 0 Å². The Bertz CT molecular complexity index is 582. The largest absolute Gasteiger partial charge is 0.370 e. The minimum Gasteiger partial charge on any atom is -0.370 e. The fraction of sp³-hybridized carbons (Fsp3) is 0.357. The number of pyridine rings is 1. The highest BCUT2D eigenvalue weighted by Gasteiger charge is 2.07. The van der Waals surface area contributed by atoms with E-state index in [9.17, 15) is 4.79 Å². The number of carbonyl (C=O) groups excluding carboxylic acids is 1. The van der Waals surface area contributed by atoms with E-state index in [1.807, 2.05) is 12.3 Å². The number of aryl methyl sites for hydroxylation is 1. The first-order valence-corrected chi connectivity index (χ1v) is 7.46. The summed E-state index contributed by atoms with van der Waals surface area (Å²) < 4.78 is 0. The van der Waals surface area contributed by atoms with Gasteiger partial charge in [0.25, 0.3) is 5.91 Å². The van der Waals surface area contributed by atoms with Gasteiger partial charge in [-0.15, -0.1) is 11.3 Å². The van der Waals surface area contributed by atoms with Crippen LogP contribution in [0.25, 0.3) is 0 Å². The highest BCUT2D eigenvalue weighted by molar-refractivity contribution is 7.09. The van der Waals surface area contributed by atoms with Gasteiger partial charge in [-0.25, -0.2) is 9.97 Å². The molecule has 0 aliphatic heterocycles. The molecule has 0 unspecified atom stereocenters. The maximum absolute atomic E-state index is 12.1. The van der Waals surface area contributed by atoms with E-state index in [1.165, 1.54) is 0 Å². The highest BCUT2D eigenvalue weighted by Crippen LogP contribution is 2.09. The number of thiazole rings is 1. The Hall–Kier alpha value is -1.95. The molecule has 1 amide bonds. The van der Waals surface area contributed by atoms with Crippen LogP contribution in [-0.2, 0) is 6.54 Å². The van der Waals surface area contributed by atoms with Crippen LogP contribution >= 0.6 is 11.3 Å². The van der Waals surface area contributed by atoms with Crippen LogP contribution < -0.4 is 10.6 Å². The van der Waals surface area contributed by atoms with Gasteiger partial charge in [-0.05, 0) is 25.5 Å². The standard InChI is InChI=1S/C14H18N4OS/c1-3-5-15-13-7-11(4-6-16-13)14(19)17-8-12-9-20-10(2)18-12/h4,6-7,9H,3,5,8H2,1-2H3,(H,15,16)(H,17,19). The van der Waals surface area contributed by atoms with Crippen LogP contribution in [-0.4, -0.2) is 22.4 Å². The molecule has 2 N–H and O–H groups in total. The lowest BCUT2D eigenvalue weighted by atomic mass is 10.2. The predicted octanol–water partition coefficient (Wildman–Crippen LogP) is 2.60. The lowest BCUT2D eigenvalue weighted by Crippen LogP contribution is -2.23. The van der Waals surface area contributed by atoms with Crippen molar-refractivity contribution in [2.75, 3.05) is 11.9 Å². The fourth-order valence-electron chi connectivity index (χ4n) is 1.68. The van der Waals surface area contributed by atoms with E-state index in [0.29, 0.717) is 12.1 Å². The van der Waals surface area contributed by atoms with Crippen molar-refractivity contribution in [1.82, 2.24) is 15.3 Å². The Morgan fingerprint density at radius 1 is 1.45 bits per heavy atom. The summed E-state index contributed by atoms with van der Waals surface area (Å²) in [6.45, 7) is 5.32. The molecule has 0 fully saturated rings. The van der Waals surface area contributed by atoms with Gasteiger partial charge >= 0.3 is 0 Å². The van der Waals surface area contributed by atoms with Crippen LogP contribution in [0.4, 0.5) is 5.82 Å². The zero-order chi connectivity index (χ0) is 14.4. The molecule has 0 aromatic carbocycles. The molecular weight excluding hydrogens is 272 g/mol. The molecule has 2 aromatic heterocycles. The Morgan fingerprint density at radius 3 is 3.00 bits per heavy atom. The van der Waals surface area contributed by atoms with Crippen molar-refractivity contribution in [2.45, 2.75) is 26.8 Å². The second-order valence-corrected chi connectivity index (χ2v) is 5.46. The molecule has 0 bridgehead atoms. The Balaban J connectivity index is 1.94. The third-order valence-corrected chi connectivity index (χ3v) is 3.50. The Morgan fingerprint density at radius 2 is 2.30 bits per heavy atom. The highest BCUT2D eigenvalue weighted by atomic mass is 32.1. The molecule has 0 aliphatic rings. The molecule has 0 aliphatic carbocycles.